The maximum absolute atomic E-state index is 4.93. The number of aliphatic imine (C=N–C) groups is 1. The fourth-order valence-electron chi connectivity index (χ4n) is 8.22. The number of pyridine rings is 3. The van der Waals surface area contributed by atoms with Gasteiger partial charge in [-0.1, -0.05) is 85.5 Å². The van der Waals surface area contributed by atoms with Crippen LogP contribution in [0.3, 0.4) is 0 Å². The van der Waals surface area contributed by atoms with E-state index in [1.54, 1.807) is 6.08 Å². The van der Waals surface area contributed by atoms with Gasteiger partial charge in [-0.25, -0.2) is 0 Å². The van der Waals surface area contributed by atoms with Crippen molar-refractivity contribution in [3.8, 4) is 44.9 Å². The van der Waals surface area contributed by atoms with Gasteiger partial charge in [-0.3, -0.25) is 19.9 Å². The van der Waals surface area contributed by atoms with Crippen LogP contribution < -0.4 is 0 Å². The average Bonchev–Trinajstić information content (AvgIpc) is 3.79. The highest BCUT2D eigenvalue weighted by atomic mass is 15.0. The molecule has 0 aliphatic carbocycles. The highest BCUT2D eigenvalue weighted by Gasteiger charge is 2.19. The Morgan fingerprint density at radius 1 is 0.526 bits per heavy atom. The highest BCUT2D eigenvalue weighted by Crippen LogP contribution is 2.39. The van der Waals surface area contributed by atoms with Gasteiger partial charge in [0, 0.05) is 58.1 Å². The molecule has 0 fully saturated rings. The van der Waals surface area contributed by atoms with Crippen LogP contribution in [0.4, 0.5) is 0 Å². The van der Waals surface area contributed by atoms with Crippen molar-refractivity contribution < 1.29 is 0 Å². The molecule has 6 nitrogen and oxygen atoms in total. The molecule has 5 heterocycles. The monoisotopic (exact) mass is 732 g/mol. The van der Waals surface area contributed by atoms with E-state index in [4.69, 9.17) is 9.97 Å². The molecule has 0 saturated carbocycles. The lowest BCUT2D eigenvalue weighted by atomic mass is 9.96. The third-order valence-corrected chi connectivity index (χ3v) is 10.6. The van der Waals surface area contributed by atoms with Gasteiger partial charge in [-0.2, -0.15) is 0 Å². The van der Waals surface area contributed by atoms with E-state index in [9.17, 15) is 0 Å². The van der Waals surface area contributed by atoms with Crippen LogP contribution >= 0.6 is 0 Å². The van der Waals surface area contributed by atoms with Gasteiger partial charge >= 0.3 is 0 Å². The fraction of sp³-hybridized carbons (Fsp3) is 0.0196. The first-order chi connectivity index (χ1) is 28.2. The molecule has 57 heavy (non-hydrogen) atoms. The minimum Gasteiger partial charge on any atom is -0.308 e. The zero-order valence-corrected chi connectivity index (χ0v) is 31.3. The second-order valence-electron chi connectivity index (χ2n) is 13.9. The zero-order valence-electron chi connectivity index (χ0n) is 31.3. The maximum Gasteiger partial charge on any atom is 0.0963 e. The molecule has 10 rings (SSSR count). The molecule has 6 heteroatoms. The van der Waals surface area contributed by atoms with Crippen LogP contribution in [0.25, 0.3) is 94.5 Å². The van der Waals surface area contributed by atoms with E-state index in [1.807, 2.05) is 62.1 Å². The Kier molecular flexibility index (Phi) is 8.42. The maximum atomic E-state index is 4.93. The summed E-state index contributed by atoms with van der Waals surface area (Å²) in [7, 11) is 0. The van der Waals surface area contributed by atoms with Crippen LogP contribution in [0.5, 0.6) is 0 Å². The molecule has 0 spiro atoms. The summed E-state index contributed by atoms with van der Waals surface area (Å²) in [6.07, 6.45) is 11.1. The molecular weight excluding hydrogens is 697 g/mol. The van der Waals surface area contributed by atoms with E-state index < -0.39 is 0 Å². The van der Waals surface area contributed by atoms with E-state index in [0.29, 0.717) is 0 Å². The smallest absolute Gasteiger partial charge is 0.0963 e. The molecule has 0 unspecified atom stereocenters. The van der Waals surface area contributed by atoms with Gasteiger partial charge in [-0.15, -0.1) is 0 Å². The van der Waals surface area contributed by atoms with E-state index >= 15 is 0 Å². The number of hydrogen-bond donors (Lipinski definition) is 0. The largest absolute Gasteiger partial charge is 0.308 e. The summed E-state index contributed by atoms with van der Waals surface area (Å²) in [5, 5.41) is 2.17. The van der Waals surface area contributed by atoms with E-state index in [0.717, 1.165) is 100 Å². The van der Waals surface area contributed by atoms with Crippen LogP contribution in [0, 0.1) is 0 Å². The Labute approximate surface area is 330 Å². The minimum atomic E-state index is 0.867. The van der Waals surface area contributed by atoms with Crippen molar-refractivity contribution in [1.82, 2.24) is 24.1 Å². The number of hydrogen-bond acceptors (Lipinski definition) is 4. The second kappa shape index (κ2) is 14.2. The molecule has 270 valence electrons. The predicted octanol–water partition coefficient (Wildman–Crippen LogP) is 12.7. The molecule has 0 bridgehead atoms. The summed E-state index contributed by atoms with van der Waals surface area (Å²) >= 11 is 0. The summed E-state index contributed by atoms with van der Waals surface area (Å²) in [5.74, 6) is 0. The molecule has 0 atom stereocenters. The van der Waals surface area contributed by atoms with Crippen molar-refractivity contribution in [1.29, 1.82) is 0 Å². The Hall–Kier alpha value is -7.70. The van der Waals surface area contributed by atoms with Crippen molar-refractivity contribution in [2.24, 2.45) is 4.99 Å². The van der Waals surface area contributed by atoms with Crippen molar-refractivity contribution in [3.63, 3.8) is 0 Å². The van der Waals surface area contributed by atoms with Crippen molar-refractivity contribution in [3.05, 3.63) is 195 Å². The topological polar surface area (TPSA) is 60.9 Å². The molecular formula is C51H36N6. The Morgan fingerprint density at radius 3 is 1.72 bits per heavy atom. The standard InChI is InChI=1S/C51H36N6/c1-3-14-44(52-4-2)40-19-7-5-17-38(40)34-24-26-46-42(31-34)50-48(22-12-29-54-50)56(46)36-15-11-16-37(33-36)57-47-27-25-35(32-43(47)51-49(57)23-13-30-55-51)39-18-6-8-20-41(39)45-21-9-10-28-53-45/h3-33H,1H2,2H3/b44-14-,52-4?. The number of fused-ring (bicyclic) bond motifs is 6. The summed E-state index contributed by atoms with van der Waals surface area (Å²) in [6, 6.07) is 53.3. The molecule has 0 saturated heterocycles. The summed E-state index contributed by atoms with van der Waals surface area (Å²) in [4.78, 5) is 19.2. The van der Waals surface area contributed by atoms with Gasteiger partial charge in [0.15, 0.2) is 0 Å². The number of benzene rings is 5. The van der Waals surface area contributed by atoms with Crippen LogP contribution in [-0.4, -0.2) is 30.3 Å². The molecule has 0 radical (unpaired) electrons. The third kappa shape index (κ3) is 5.74. The number of allylic oxidation sites excluding steroid dienone is 2. The van der Waals surface area contributed by atoms with Crippen LogP contribution in [0.2, 0.25) is 0 Å². The number of nitrogens with zero attached hydrogens (tertiary/aromatic N) is 6. The lowest BCUT2D eigenvalue weighted by Gasteiger charge is -2.13. The SMILES string of the molecule is C=C/C=C(\N=CC)c1ccccc1-c1ccc2c(c1)c1ncccc1n2-c1cccc(-n2c3ccc(-c4ccccc4-c4ccccn4)cc3c3ncccc32)c1. The fourth-order valence-corrected chi connectivity index (χ4v) is 8.22. The van der Waals surface area contributed by atoms with E-state index in [1.165, 1.54) is 0 Å². The summed E-state index contributed by atoms with van der Waals surface area (Å²) < 4.78 is 4.64. The summed E-state index contributed by atoms with van der Waals surface area (Å²) in [5.41, 5.74) is 16.6. The Bertz CT molecular complexity index is 3220. The third-order valence-electron chi connectivity index (χ3n) is 10.6. The Morgan fingerprint density at radius 2 is 1.11 bits per heavy atom. The number of rotatable bonds is 8. The first kappa shape index (κ1) is 33.8. The zero-order chi connectivity index (χ0) is 38.3. The lowest BCUT2D eigenvalue weighted by Crippen LogP contribution is -1.98. The predicted molar refractivity (Wildman–Crippen MR) is 237 cm³/mol. The van der Waals surface area contributed by atoms with E-state index in [-0.39, 0.29) is 0 Å². The first-order valence-electron chi connectivity index (χ1n) is 19.0. The average molecular weight is 733 g/mol. The first-order valence-corrected chi connectivity index (χ1v) is 19.0. The summed E-state index contributed by atoms with van der Waals surface area (Å²) in [6.45, 7) is 5.86. The van der Waals surface area contributed by atoms with Gasteiger partial charge in [0.2, 0.25) is 0 Å². The number of aromatic nitrogens is 5. The second-order valence-corrected chi connectivity index (χ2v) is 13.9. The highest BCUT2D eigenvalue weighted by molar-refractivity contribution is 6.10. The molecule has 5 aromatic carbocycles. The van der Waals surface area contributed by atoms with Gasteiger partial charge < -0.3 is 9.13 Å². The molecule has 0 N–H and O–H groups in total. The van der Waals surface area contributed by atoms with Crippen molar-refractivity contribution >= 4 is 55.8 Å². The minimum absolute atomic E-state index is 0.867. The van der Waals surface area contributed by atoms with Crippen LogP contribution in [0.15, 0.2) is 194 Å². The molecule has 0 aliphatic heterocycles. The molecule has 0 aliphatic rings. The lowest BCUT2D eigenvalue weighted by molar-refractivity contribution is 1.13. The molecule has 0 amide bonds. The normalized spacial score (nSPS) is 12.1. The van der Waals surface area contributed by atoms with Gasteiger partial charge in [0.05, 0.1) is 44.5 Å². The van der Waals surface area contributed by atoms with Crippen LogP contribution in [0.1, 0.15) is 12.5 Å². The van der Waals surface area contributed by atoms with Gasteiger partial charge in [0.25, 0.3) is 0 Å². The molecule has 10 aromatic rings. The molecule has 5 aromatic heterocycles. The van der Waals surface area contributed by atoms with Crippen molar-refractivity contribution in [2.45, 2.75) is 6.92 Å². The van der Waals surface area contributed by atoms with Crippen LogP contribution in [-0.2, 0) is 0 Å². The van der Waals surface area contributed by atoms with Crippen molar-refractivity contribution in [2.75, 3.05) is 0 Å². The Balaban J connectivity index is 1.13. The quantitative estimate of drug-likeness (QED) is 0.115. The van der Waals surface area contributed by atoms with Gasteiger partial charge in [-0.05, 0) is 114 Å². The van der Waals surface area contributed by atoms with Gasteiger partial charge in [0.1, 0.15) is 0 Å². The van der Waals surface area contributed by atoms with E-state index in [2.05, 4.69) is 153 Å².